The molecule has 0 fully saturated rings. The molecule has 0 aliphatic rings. The van der Waals surface area contributed by atoms with Crippen molar-refractivity contribution in [2.75, 3.05) is 0 Å². The summed E-state index contributed by atoms with van der Waals surface area (Å²) < 4.78 is 12.6. The molecule has 0 spiro atoms. The average Bonchev–Trinajstić information content (AvgIpc) is 2.02. The van der Waals surface area contributed by atoms with Gasteiger partial charge in [0, 0.05) is 0 Å². The first-order valence-corrected chi connectivity index (χ1v) is 4.25. The van der Waals surface area contributed by atoms with Crippen molar-refractivity contribution in [1.82, 2.24) is 5.32 Å². The lowest BCUT2D eigenvalue weighted by molar-refractivity contribution is 0.238. The molecule has 76 valence electrons. The van der Waals surface area contributed by atoms with Gasteiger partial charge >= 0.3 is 6.03 Å². The van der Waals surface area contributed by atoms with Crippen molar-refractivity contribution in [2.45, 2.75) is 19.4 Å². The topological polar surface area (TPSA) is 55.1 Å². The molecule has 3 nitrogen and oxygen atoms in total. The summed E-state index contributed by atoms with van der Waals surface area (Å²) in [7, 11) is 0. The summed E-state index contributed by atoms with van der Waals surface area (Å²) in [5.74, 6) is -0.302. The first-order chi connectivity index (χ1) is 6.42. The van der Waals surface area contributed by atoms with Gasteiger partial charge in [-0.3, -0.25) is 0 Å². The summed E-state index contributed by atoms with van der Waals surface area (Å²) in [6.07, 6.45) is 0. The van der Waals surface area contributed by atoms with Crippen LogP contribution in [0, 0.1) is 5.82 Å². The Hall–Kier alpha value is -1.58. The summed E-state index contributed by atoms with van der Waals surface area (Å²) >= 11 is 0. The maximum atomic E-state index is 12.6. The molecule has 0 atom stereocenters. The highest BCUT2D eigenvalue weighted by molar-refractivity contribution is 5.72. The number of rotatable bonds is 2. The fraction of sp³-hybridized carbons (Fsp3) is 0.300. The van der Waals surface area contributed by atoms with Gasteiger partial charge in [-0.2, -0.15) is 0 Å². The minimum Gasteiger partial charge on any atom is -0.352 e. The van der Waals surface area contributed by atoms with Gasteiger partial charge in [-0.1, -0.05) is 12.1 Å². The molecule has 1 aromatic carbocycles. The maximum absolute atomic E-state index is 12.6. The van der Waals surface area contributed by atoms with Gasteiger partial charge in [-0.25, -0.2) is 9.18 Å². The molecule has 0 unspecified atom stereocenters. The van der Waals surface area contributed by atoms with Gasteiger partial charge in [0.25, 0.3) is 0 Å². The molecule has 1 rings (SSSR count). The first-order valence-electron chi connectivity index (χ1n) is 4.25. The number of benzene rings is 1. The van der Waals surface area contributed by atoms with Crippen molar-refractivity contribution >= 4 is 6.03 Å². The van der Waals surface area contributed by atoms with E-state index in [4.69, 9.17) is 5.73 Å². The highest BCUT2D eigenvalue weighted by Crippen LogP contribution is 2.19. The van der Waals surface area contributed by atoms with Gasteiger partial charge in [0.2, 0.25) is 0 Å². The van der Waals surface area contributed by atoms with Crippen molar-refractivity contribution in [3.8, 4) is 0 Å². The Morgan fingerprint density at radius 3 is 2.29 bits per heavy atom. The molecule has 0 radical (unpaired) electrons. The maximum Gasteiger partial charge on any atom is 0.312 e. The number of urea groups is 1. The molecule has 3 N–H and O–H groups in total. The van der Waals surface area contributed by atoms with E-state index in [1.807, 2.05) is 0 Å². The molecule has 2 amide bonds. The molecule has 0 heterocycles. The summed E-state index contributed by atoms with van der Waals surface area (Å²) in [6, 6.07) is 5.33. The second kappa shape index (κ2) is 3.65. The third-order valence-electron chi connectivity index (χ3n) is 2.00. The summed E-state index contributed by atoms with van der Waals surface area (Å²) in [4.78, 5) is 10.7. The smallest absolute Gasteiger partial charge is 0.312 e. The quantitative estimate of drug-likeness (QED) is 0.743. The molecule has 0 aliphatic carbocycles. The number of nitrogens with two attached hydrogens (primary N) is 1. The Morgan fingerprint density at radius 1 is 1.36 bits per heavy atom. The van der Waals surface area contributed by atoms with Crippen molar-refractivity contribution in [2.24, 2.45) is 5.73 Å². The van der Waals surface area contributed by atoms with Gasteiger partial charge in [-0.05, 0) is 31.5 Å². The van der Waals surface area contributed by atoms with Gasteiger partial charge in [0.15, 0.2) is 0 Å². The van der Waals surface area contributed by atoms with Crippen LogP contribution in [-0.2, 0) is 5.54 Å². The molecule has 0 bridgehead atoms. The van der Waals surface area contributed by atoms with Crippen LogP contribution in [0.1, 0.15) is 19.4 Å². The molecule has 4 heteroatoms. The van der Waals surface area contributed by atoms with Crippen LogP contribution in [0.5, 0.6) is 0 Å². The average molecular weight is 196 g/mol. The number of amides is 2. The number of hydrogen-bond acceptors (Lipinski definition) is 1. The fourth-order valence-electron chi connectivity index (χ4n) is 1.25. The van der Waals surface area contributed by atoms with Crippen LogP contribution in [-0.4, -0.2) is 6.03 Å². The minimum absolute atomic E-state index is 0.302. The second-order valence-corrected chi connectivity index (χ2v) is 3.62. The van der Waals surface area contributed by atoms with E-state index in [0.717, 1.165) is 5.56 Å². The zero-order valence-corrected chi connectivity index (χ0v) is 8.17. The lowest BCUT2D eigenvalue weighted by Crippen LogP contribution is -2.43. The third kappa shape index (κ3) is 2.45. The minimum atomic E-state index is -0.598. The Balaban J connectivity index is 2.91. The summed E-state index contributed by atoms with van der Waals surface area (Å²) in [5.41, 5.74) is 5.24. The second-order valence-electron chi connectivity index (χ2n) is 3.62. The zero-order chi connectivity index (χ0) is 10.8. The summed E-state index contributed by atoms with van der Waals surface area (Å²) in [5, 5.41) is 2.57. The van der Waals surface area contributed by atoms with Crippen LogP contribution in [0.2, 0.25) is 0 Å². The first kappa shape index (κ1) is 10.5. The van der Waals surface area contributed by atoms with E-state index in [-0.39, 0.29) is 5.82 Å². The molecular weight excluding hydrogens is 183 g/mol. The Labute approximate surface area is 82.1 Å². The van der Waals surface area contributed by atoms with E-state index in [9.17, 15) is 9.18 Å². The fourth-order valence-corrected chi connectivity index (χ4v) is 1.25. The Kier molecular flexibility index (Phi) is 2.74. The Bertz CT molecular complexity index is 332. The molecule has 1 aromatic rings. The van der Waals surface area contributed by atoms with Crippen molar-refractivity contribution in [3.63, 3.8) is 0 Å². The lowest BCUT2D eigenvalue weighted by atomic mass is 9.94. The van der Waals surface area contributed by atoms with E-state index in [1.54, 1.807) is 26.0 Å². The SMILES string of the molecule is CC(C)(NC(N)=O)c1ccc(F)cc1. The number of primary amides is 1. The highest BCUT2D eigenvalue weighted by Gasteiger charge is 2.21. The van der Waals surface area contributed by atoms with E-state index < -0.39 is 11.6 Å². The van der Waals surface area contributed by atoms with Crippen LogP contribution >= 0.6 is 0 Å². The number of hydrogen-bond donors (Lipinski definition) is 2. The number of nitrogens with one attached hydrogen (secondary N) is 1. The molecule has 0 aromatic heterocycles. The normalized spacial score (nSPS) is 11.1. The van der Waals surface area contributed by atoms with Gasteiger partial charge in [-0.15, -0.1) is 0 Å². The van der Waals surface area contributed by atoms with E-state index in [2.05, 4.69) is 5.32 Å². The monoisotopic (exact) mass is 196 g/mol. The molecule has 0 saturated heterocycles. The molecule has 0 saturated carbocycles. The van der Waals surface area contributed by atoms with Gasteiger partial charge in [0.05, 0.1) is 5.54 Å². The van der Waals surface area contributed by atoms with E-state index in [0.29, 0.717) is 0 Å². The van der Waals surface area contributed by atoms with Crippen molar-refractivity contribution in [1.29, 1.82) is 0 Å². The van der Waals surface area contributed by atoms with E-state index in [1.165, 1.54) is 12.1 Å². The number of halogens is 1. The van der Waals surface area contributed by atoms with E-state index >= 15 is 0 Å². The number of carbonyl (C=O) groups excluding carboxylic acids is 1. The number of carbonyl (C=O) groups is 1. The van der Waals surface area contributed by atoms with Crippen LogP contribution in [0.15, 0.2) is 24.3 Å². The van der Waals surface area contributed by atoms with Crippen LogP contribution in [0.3, 0.4) is 0 Å². The van der Waals surface area contributed by atoms with Crippen LogP contribution < -0.4 is 11.1 Å². The van der Waals surface area contributed by atoms with Crippen molar-refractivity contribution in [3.05, 3.63) is 35.6 Å². The standard InChI is InChI=1S/C10H13FN2O/c1-10(2,13-9(12)14)7-3-5-8(11)6-4-7/h3-6H,1-2H3,(H3,12,13,14). The van der Waals surface area contributed by atoms with Gasteiger partial charge in [0.1, 0.15) is 5.82 Å². The molecular formula is C10H13FN2O. The Morgan fingerprint density at radius 2 is 1.86 bits per heavy atom. The largest absolute Gasteiger partial charge is 0.352 e. The van der Waals surface area contributed by atoms with Crippen LogP contribution in [0.25, 0.3) is 0 Å². The van der Waals surface area contributed by atoms with Crippen LogP contribution in [0.4, 0.5) is 9.18 Å². The lowest BCUT2D eigenvalue weighted by Gasteiger charge is -2.25. The molecule has 0 aliphatic heterocycles. The predicted molar refractivity (Wildman–Crippen MR) is 52.1 cm³/mol. The summed E-state index contributed by atoms with van der Waals surface area (Å²) in [6.45, 7) is 3.59. The third-order valence-corrected chi connectivity index (χ3v) is 2.00. The zero-order valence-electron chi connectivity index (χ0n) is 8.17. The van der Waals surface area contributed by atoms with Gasteiger partial charge < -0.3 is 11.1 Å². The molecule has 14 heavy (non-hydrogen) atoms. The highest BCUT2D eigenvalue weighted by atomic mass is 19.1. The predicted octanol–water partition coefficient (Wildman–Crippen LogP) is 1.73. The van der Waals surface area contributed by atoms with Crippen molar-refractivity contribution < 1.29 is 9.18 Å².